The molecule has 0 aliphatic heterocycles. The second-order valence-corrected chi connectivity index (χ2v) is 4.41. The number of thiazole rings is 1. The van der Waals surface area contributed by atoms with Crippen molar-refractivity contribution in [1.29, 1.82) is 0 Å². The highest BCUT2D eigenvalue weighted by molar-refractivity contribution is 7.14. The number of pyridine rings is 1. The van der Waals surface area contributed by atoms with Gasteiger partial charge in [-0.05, 0) is 12.5 Å². The highest BCUT2D eigenvalue weighted by Crippen LogP contribution is 2.05. The van der Waals surface area contributed by atoms with Crippen LogP contribution >= 0.6 is 11.3 Å². The number of hydrogen-bond acceptors (Lipinski definition) is 5. The highest BCUT2D eigenvalue weighted by Gasteiger charge is 2.00. The average Bonchev–Trinajstić information content (AvgIpc) is 2.47. The zero-order valence-electron chi connectivity index (χ0n) is 7.75. The molecule has 0 aliphatic rings. The summed E-state index contributed by atoms with van der Waals surface area (Å²) in [6, 6.07) is 4.30. The molecule has 82 valence electrons. The van der Waals surface area contributed by atoms with Crippen molar-refractivity contribution in [3.8, 4) is 0 Å². The van der Waals surface area contributed by atoms with Crippen LogP contribution in [0.5, 0.6) is 0 Å². The van der Waals surface area contributed by atoms with Crippen molar-refractivity contribution in [3.05, 3.63) is 35.5 Å². The fraction of sp³-hybridized carbons (Fsp3) is 0.125. The largest absolute Gasteiger partial charge is 0.267 e. The lowest BCUT2D eigenvalue weighted by atomic mass is 10.3. The van der Waals surface area contributed by atoms with Crippen molar-refractivity contribution in [2.75, 3.05) is 0 Å². The molecule has 2 aromatic rings. The number of halogens is 1. The van der Waals surface area contributed by atoms with Crippen LogP contribution in [-0.2, 0) is 0 Å². The van der Waals surface area contributed by atoms with Gasteiger partial charge in [0.1, 0.15) is 0 Å². The lowest BCUT2D eigenvalue weighted by Gasteiger charge is -2.17. The topological polar surface area (TPSA) is 96.3 Å². The molecule has 2 rings (SSSR count). The summed E-state index contributed by atoms with van der Waals surface area (Å²) < 4.78 is 36.1. The van der Waals surface area contributed by atoms with Crippen molar-refractivity contribution in [2.45, 2.75) is 6.92 Å². The van der Waals surface area contributed by atoms with Crippen LogP contribution in [0, 0.1) is 17.2 Å². The number of aromatic nitrogens is 1. The van der Waals surface area contributed by atoms with Crippen LogP contribution < -0.4 is 23.0 Å². The Kier molecular flexibility index (Phi) is 3.97. The van der Waals surface area contributed by atoms with E-state index in [0.29, 0.717) is 0 Å². The Labute approximate surface area is 92.2 Å². The van der Waals surface area contributed by atoms with E-state index in [4.69, 9.17) is 18.6 Å². The van der Waals surface area contributed by atoms with Gasteiger partial charge in [-0.25, -0.2) is 18.6 Å². The molecule has 0 aromatic carbocycles. The van der Waals surface area contributed by atoms with E-state index in [1.165, 1.54) is 10.4 Å². The van der Waals surface area contributed by atoms with E-state index in [2.05, 4.69) is 41.2 Å². The van der Waals surface area contributed by atoms with Gasteiger partial charge >= 0.3 is 0 Å². The lowest BCUT2D eigenvalue weighted by Crippen LogP contribution is -2.68. The lowest BCUT2D eigenvalue weighted by molar-refractivity contribution is -2.00. The zero-order chi connectivity index (χ0) is 11.5. The van der Waals surface area contributed by atoms with Crippen LogP contribution in [-0.4, -0.2) is 0 Å². The molecular formula is C8H8ClNO4S. The van der Waals surface area contributed by atoms with Gasteiger partial charge in [0.15, 0.2) is 12.4 Å². The van der Waals surface area contributed by atoms with Crippen molar-refractivity contribution in [2.24, 2.45) is 0 Å². The minimum atomic E-state index is -4.94. The van der Waals surface area contributed by atoms with E-state index in [-0.39, 0.29) is 0 Å². The van der Waals surface area contributed by atoms with Gasteiger partial charge in [-0.1, -0.05) is 11.3 Å². The first kappa shape index (κ1) is 12.3. The minimum Gasteiger partial charge on any atom is -0.222 e. The summed E-state index contributed by atoms with van der Waals surface area (Å²) in [7, 11) is -4.94. The van der Waals surface area contributed by atoms with Crippen LogP contribution in [0.4, 0.5) is 0 Å². The van der Waals surface area contributed by atoms with E-state index < -0.39 is 10.2 Å². The quantitative estimate of drug-likeness (QED) is 0.466. The molecule has 0 amide bonds. The maximum atomic E-state index is 8.49. The smallest absolute Gasteiger partial charge is 0.222 e. The molecule has 0 unspecified atom stereocenters. The van der Waals surface area contributed by atoms with Crippen LogP contribution in [0.3, 0.4) is 0 Å². The van der Waals surface area contributed by atoms with Crippen molar-refractivity contribution >= 4 is 16.2 Å². The molecule has 0 fully saturated rings. The predicted octanol–water partition coefficient (Wildman–Crippen LogP) is -2.96. The summed E-state index contributed by atoms with van der Waals surface area (Å²) in [6.07, 6.45) is 4.15. The summed E-state index contributed by atoms with van der Waals surface area (Å²) in [5.74, 6) is 0. The second-order valence-electron chi connectivity index (χ2n) is 2.73. The summed E-state index contributed by atoms with van der Waals surface area (Å²) in [4.78, 5) is 1.31. The SMILES string of the molecule is Cc1cc[n+]2ccsc2c1.[O-][Cl+3]([O-])([O-])[O-]. The molecule has 0 N–H and O–H groups in total. The van der Waals surface area contributed by atoms with Gasteiger partial charge < -0.3 is 0 Å². The standard InChI is InChI=1S/C8H8NS.ClHO4/c1-7-2-3-9-4-5-10-8(9)6-7;2-1(3,4)5/h2-6H,1H3;(H,2,3,4,5)/q+1;/p-1. The molecule has 7 heteroatoms. The maximum absolute atomic E-state index is 8.49. The van der Waals surface area contributed by atoms with E-state index in [1.54, 1.807) is 11.3 Å². The van der Waals surface area contributed by atoms with Gasteiger partial charge in [0, 0.05) is 12.1 Å². The molecule has 0 spiro atoms. The molecule has 0 saturated carbocycles. The fourth-order valence-corrected chi connectivity index (χ4v) is 1.80. The number of aryl methyl sites for hydroxylation is 1. The van der Waals surface area contributed by atoms with Crippen molar-refractivity contribution in [1.82, 2.24) is 0 Å². The summed E-state index contributed by atoms with van der Waals surface area (Å²) in [5.41, 5.74) is 1.32. The highest BCUT2D eigenvalue weighted by atomic mass is 35.7. The summed E-state index contributed by atoms with van der Waals surface area (Å²) >= 11 is 1.76. The first-order chi connectivity index (χ1) is 6.86. The number of hydrogen-bond donors (Lipinski definition) is 0. The first-order valence-corrected chi connectivity index (χ1v) is 5.94. The van der Waals surface area contributed by atoms with Crippen LogP contribution in [0.15, 0.2) is 29.9 Å². The minimum absolute atomic E-state index is 1.31. The molecule has 2 heterocycles. The van der Waals surface area contributed by atoms with E-state index >= 15 is 0 Å². The monoisotopic (exact) mass is 249 g/mol. The van der Waals surface area contributed by atoms with Gasteiger partial charge in [-0.2, -0.15) is 4.40 Å². The molecule has 0 aliphatic carbocycles. The molecule has 0 atom stereocenters. The van der Waals surface area contributed by atoms with Gasteiger partial charge in [0.2, 0.25) is 0 Å². The van der Waals surface area contributed by atoms with Crippen LogP contribution in [0.2, 0.25) is 0 Å². The van der Waals surface area contributed by atoms with Crippen LogP contribution in [0.25, 0.3) is 4.83 Å². The third kappa shape index (κ3) is 5.03. The molecule has 0 bridgehead atoms. The molecule has 2 aromatic heterocycles. The Balaban J connectivity index is 0.000000195. The van der Waals surface area contributed by atoms with Gasteiger partial charge in [0.05, 0.1) is 5.38 Å². The Morgan fingerprint density at radius 1 is 1.20 bits per heavy atom. The normalized spacial score (nSPS) is 11.0. The van der Waals surface area contributed by atoms with E-state index in [1.807, 2.05) is 0 Å². The molecule has 15 heavy (non-hydrogen) atoms. The Morgan fingerprint density at radius 2 is 1.80 bits per heavy atom. The van der Waals surface area contributed by atoms with Crippen molar-refractivity contribution in [3.63, 3.8) is 0 Å². The van der Waals surface area contributed by atoms with Gasteiger partial charge in [-0.15, -0.1) is 10.2 Å². The molecular weight excluding hydrogens is 242 g/mol. The summed E-state index contributed by atoms with van der Waals surface area (Å²) in [6.45, 7) is 2.11. The number of rotatable bonds is 0. The van der Waals surface area contributed by atoms with E-state index in [9.17, 15) is 0 Å². The van der Waals surface area contributed by atoms with Gasteiger partial charge in [0.25, 0.3) is 4.83 Å². The second kappa shape index (κ2) is 4.84. The van der Waals surface area contributed by atoms with Crippen LogP contribution in [0.1, 0.15) is 5.56 Å². The zero-order valence-corrected chi connectivity index (χ0v) is 9.33. The Hall–Kier alpha value is -0.760. The third-order valence-corrected chi connectivity index (χ3v) is 2.34. The predicted molar refractivity (Wildman–Crippen MR) is 42.2 cm³/mol. The number of nitrogens with zero attached hydrogens (tertiary/aromatic N) is 1. The van der Waals surface area contributed by atoms with Crippen molar-refractivity contribution < 1.29 is 33.3 Å². The molecule has 0 saturated heterocycles. The first-order valence-electron chi connectivity index (χ1n) is 3.83. The van der Waals surface area contributed by atoms with Gasteiger partial charge in [-0.3, -0.25) is 0 Å². The Bertz CT molecular complexity index is 433. The number of fused-ring (bicyclic) bond motifs is 1. The third-order valence-electron chi connectivity index (χ3n) is 1.51. The maximum Gasteiger partial charge on any atom is 0.267 e. The fourth-order valence-electron chi connectivity index (χ4n) is 0.972. The molecule has 5 nitrogen and oxygen atoms in total. The van der Waals surface area contributed by atoms with E-state index in [0.717, 1.165) is 0 Å². The Morgan fingerprint density at radius 3 is 2.40 bits per heavy atom. The average molecular weight is 250 g/mol. The summed E-state index contributed by atoms with van der Waals surface area (Å²) in [5, 5.41) is 2.09. The molecule has 0 radical (unpaired) electrons.